The first-order valence-electron chi connectivity index (χ1n) is 19.7. The molecule has 0 aliphatic heterocycles. The molecule has 0 aliphatic rings. The summed E-state index contributed by atoms with van der Waals surface area (Å²) in [5.41, 5.74) is 1.67. The molecule has 4 atom stereocenters. The number of carboxylic acid groups (broad SMARTS) is 1. The molecule has 12 heteroatoms. The van der Waals surface area contributed by atoms with Crippen LogP contribution in [-0.2, 0) is 48.1 Å². The van der Waals surface area contributed by atoms with Crippen molar-refractivity contribution in [1.82, 2.24) is 16.0 Å². The third-order valence-electron chi connectivity index (χ3n) is 9.18. The van der Waals surface area contributed by atoms with Crippen LogP contribution >= 0.6 is 0 Å². The van der Waals surface area contributed by atoms with Gasteiger partial charge in [-0.3, -0.25) is 19.2 Å². The van der Waals surface area contributed by atoms with Crippen LogP contribution in [-0.4, -0.2) is 65.0 Å². The van der Waals surface area contributed by atoms with E-state index in [1.54, 1.807) is 20.8 Å². The lowest BCUT2D eigenvalue weighted by Crippen LogP contribution is -2.48. The number of carbonyl (C=O) groups is 6. The maximum Gasteiger partial charge on any atom is 0.408 e. The number of ether oxygens (including phenoxy) is 2. The van der Waals surface area contributed by atoms with Gasteiger partial charge in [-0.2, -0.15) is 0 Å². The van der Waals surface area contributed by atoms with Gasteiger partial charge < -0.3 is 30.5 Å². The Hall–Kier alpha value is -5.52. The molecule has 3 aromatic rings. The van der Waals surface area contributed by atoms with E-state index in [-0.39, 0.29) is 63.4 Å². The highest BCUT2D eigenvalue weighted by Crippen LogP contribution is 2.21. The Morgan fingerprint density at radius 1 is 0.649 bits per heavy atom. The summed E-state index contributed by atoms with van der Waals surface area (Å²) in [7, 11) is 0. The van der Waals surface area contributed by atoms with Gasteiger partial charge in [0.25, 0.3) is 0 Å². The quantitative estimate of drug-likeness (QED) is 0.0723. The monoisotopic (exact) mass is 785 g/mol. The Bertz CT molecular complexity index is 1730. The SMILES string of the molecule is CC(C)C[C@@H](NC(=O)[C@H](CC(=O)[C@@H](Cc1ccccc1)NC(=O)OC(C)(C)C)Cc1ccccc1)C(=O)C[C@H](CCCCNC(=O)OCc1ccccc1)C(=O)O. The van der Waals surface area contributed by atoms with Gasteiger partial charge in [0.2, 0.25) is 5.91 Å². The van der Waals surface area contributed by atoms with Gasteiger partial charge in [0.05, 0.1) is 18.0 Å². The van der Waals surface area contributed by atoms with E-state index in [4.69, 9.17) is 9.47 Å². The van der Waals surface area contributed by atoms with Gasteiger partial charge in [-0.1, -0.05) is 111 Å². The van der Waals surface area contributed by atoms with Gasteiger partial charge in [0.15, 0.2) is 11.6 Å². The standard InChI is InChI=1S/C45H59N3O9/c1-31(2)25-37(39(49)28-35(42(52)53)23-15-16-24-46-43(54)56-30-34-21-13-8-14-22-34)47-41(51)36(26-32-17-9-6-10-18-32)29-40(50)38(27-33-19-11-7-12-20-33)48-44(55)57-45(3,4)5/h6-14,17-22,31,35-38H,15-16,23-30H2,1-5H3,(H,46,54)(H,47,51)(H,48,55)(H,52,53)/t35-,36-,37+,38+/m0/s1. The molecule has 0 radical (unpaired) electrons. The number of unbranched alkanes of at least 4 members (excludes halogenated alkanes) is 1. The van der Waals surface area contributed by atoms with Gasteiger partial charge >= 0.3 is 18.2 Å². The van der Waals surface area contributed by atoms with Crippen molar-refractivity contribution in [2.45, 2.75) is 110 Å². The first-order chi connectivity index (χ1) is 27.1. The van der Waals surface area contributed by atoms with Crippen LogP contribution < -0.4 is 16.0 Å². The van der Waals surface area contributed by atoms with E-state index in [1.165, 1.54) is 0 Å². The Kier molecular flexibility index (Phi) is 18.9. The molecular weight excluding hydrogens is 727 g/mol. The maximum absolute atomic E-state index is 14.1. The number of nitrogens with one attached hydrogen (secondary N) is 3. The number of carbonyl (C=O) groups excluding carboxylic acids is 5. The molecular formula is C45H59N3O9. The Labute approximate surface area is 336 Å². The molecule has 0 unspecified atom stereocenters. The van der Waals surface area contributed by atoms with Gasteiger partial charge in [0, 0.05) is 25.3 Å². The molecule has 0 aromatic heterocycles. The normalized spacial score (nSPS) is 13.4. The van der Waals surface area contributed by atoms with E-state index in [2.05, 4.69) is 16.0 Å². The van der Waals surface area contributed by atoms with Crippen LogP contribution in [0.4, 0.5) is 9.59 Å². The Balaban J connectivity index is 1.69. The second-order valence-electron chi connectivity index (χ2n) is 15.8. The highest BCUT2D eigenvalue weighted by atomic mass is 16.6. The number of carboxylic acids is 1. The molecule has 0 aliphatic carbocycles. The molecule has 3 amide bonds. The smallest absolute Gasteiger partial charge is 0.408 e. The molecule has 4 N–H and O–H groups in total. The summed E-state index contributed by atoms with van der Waals surface area (Å²) >= 11 is 0. The maximum atomic E-state index is 14.1. The summed E-state index contributed by atoms with van der Waals surface area (Å²) in [6.45, 7) is 9.39. The molecule has 308 valence electrons. The molecule has 0 fully saturated rings. The number of aliphatic carboxylic acids is 1. The minimum atomic E-state index is -1.12. The number of benzene rings is 3. The van der Waals surface area contributed by atoms with Crippen LogP contribution in [0.1, 0.15) is 89.8 Å². The van der Waals surface area contributed by atoms with Crippen molar-refractivity contribution >= 4 is 35.6 Å². The van der Waals surface area contributed by atoms with Crippen molar-refractivity contribution < 1.29 is 43.3 Å². The fourth-order valence-corrected chi connectivity index (χ4v) is 6.30. The molecule has 3 aromatic carbocycles. The van der Waals surface area contributed by atoms with Crippen molar-refractivity contribution in [2.75, 3.05) is 6.54 Å². The zero-order valence-corrected chi connectivity index (χ0v) is 33.8. The van der Waals surface area contributed by atoms with E-state index >= 15 is 0 Å². The summed E-state index contributed by atoms with van der Waals surface area (Å²) in [6.07, 6.45) is -0.0975. The number of hydrogen-bond acceptors (Lipinski definition) is 8. The Morgan fingerprint density at radius 3 is 1.72 bits per heavy atom. The summed E-state index contributed by atoms with van der Waals surface area (Å²) in [5, 5.41) is 18.3. The number of rotatable bonds is 23. The van der Waals surface area contributed by atoms with E-state index < -0.39 is 59.4 Å². The molecule has 0 bridgehead atoms. The summed E-state index contributed by atoms with van der Waals surface area (Å²) in [5.74, 6) is -4.33. The molecule has 0 spiro atoms. The van der Waals surface area contributed by atoms with Crippen molar-refractivity contribution in [1.29, 1.82) is 0 Å². The lowest BCUT2D eigenvalue weighted by atomic mass is 9.88. The minimum absolute atomic E-state index is 0.0160. The molecule has 3 rings (SSSR count). The predicted molar refractivity (Wildman–Crippen MR) is 217 cm³/mol. The second kappa shape index (κ2) is 23.5. The molecule has 12 nitrogen and oxygen atoms in total. The lowest BCUT2D eigenvalue weighted by Gasteiger charge is -2.26. The first-order valence-corrected chi connectivity index (χ1v) is 19.7. The van der Waals surface area contributed by atoms with Crippen molar-refractivity contribution in [2.24, 2.45) is 17.8 Å². The fraction of sp³-hybridized carbons (Fsp3) is 0.467. The van der Waals surface area contributed by atoms with Gasteiger partial charge in [-0.25, -0.2) is 9.59 Å². The average Bonchev–Trinajstić information content (AvgIpc) is 3.15. The van der Waals surface area contributed by atoms with Gasteiger partial charge in [-0.15, -0.1) is 0 Å². The molecule has 0 heterocycles. The van der Waals surface area contributed by atoms with Crippen LogP contribution in [0.15, 0.2) is 91.0 Å². The minimum Gasteiger partial charge on any atom is -0.481 e. The molecule has 0 saturated carbocycles. The van der Waals surface area contributed by atoms with Crippen molar-refractivity contribution in [3.05, 3.63) is 108 Å². The number of amides is 3. The number of hydrogen-bond donors (Lipinski definition) is 4. The van der Waals surface area contributed by atoms with Gasteiger partial charge in [-0.05, 0) is 75.5 Å². The van der Waals surface area contributed by atoms with E-state index in [0.29, 0.717) is 12.8 Å². The Morgan fingerprint density at radius 2 is 1.18 bits per heavy atom. The van der Waals surface area contributed by atoms with E-state index in [0.717, 1.165) is 16.7 Å². The van der Waals surface area contributed by atoms with E-state index in [9.17, 15) is 33.9 Å². The van der Waals surface area contributed by atoms with E-state index in [1.807, 2.05) is 105 Å². The number of Topliss-reactive ketones (excluding diaryl/α,β-unsaturated/α-hetero) is 2. The fourth-order valence-electron chi connectivity index (χ4n) is 6.30. The van der Waals surface area contributed by atoms with Crippen LogP contribution in [0.3, 0.4) is 0 Å². The summed E-state index contributed by atoms with van der Waals surface area (Å²) < 4.78 is 10.7. The van der Waals surface area contributed by atoms with Gasteiger partial charge in [0.1, 0.15) is 12.2 Å². The highest BCUT2D eigenvalue weighted by molar-refractivity contribution is 5.95. The summed E-state index contributed by atoms with van der Waals surface area (Å²) in [6, 6.07) is 25.7. The predicted octanol–water partition coefficient (Wildman–Crippen LogP) is 7.23. The van der Waals surface area contributed by atoms with Crippen molar-refractivity contribution in [3.8, 4) is 0 Å². The largest absolute Gasteiger partial charge is 0.481 e. The number of ketones is 2. The third kappa shape index (κ3) is 18.3. The summed E-state index contributed by atoms with van der Waals surface area (Å²) in [4.78, 5) is 79.1. The first kappa shape index (κ1) is 45.9. The number of alkyl carbamates (subject to hydrolysis) is 2. The van der Waals surface area contributed by atoms with Crippen LogP contribution in [0.2, 0.25) is 0 Å². The average molecular weight is 786 g/mol. The van der Waals surface area contributed by atoms with Crippen molar-refractivity contribution in [3.63, 3.8) is 0 Å². The lowest BCUT2D eigenvalue weighted by molar-refractivity contribution is -0.144. The van der Waals surface area contributed by atoms with Crippen LogP contribution in [0.25, 0.3) is 0 Å². The third-order valence-corrected chi connectivity index (χ3v) is 9.18. The topological polar surface area (TPSA) is 177 Å². The molecule has 0 saturated heterocycles. The zero-order chi connectivity index (χ0) is 41.8. The zero-order valence-electron chi connectivity index (χ0n) is 33.8. The second-order valence-corrected chi connectivity index (χ2v) is 15.8. The molecule has 57 heavy (non-hydrogen) atoms. The van der Waals surface area contributed by atoms with Crippen LogP contribution in [0.5, 0.6) is 0 Å². The van der Waals surface area contributed by atoms with Crippen LogP contribution in [0, 0.1) is 17.8 Å². The highest BCUT2D eigenvalue weighted by Gasteiger charge is 2.33.